The minimum Gasteiger partial charge on any atom is -0.359 e. The third-order valence-electron chi connectivity index (χ3n) is 3.54. The maximum atomic E-state index is 13.6. The summed E-state index contributed by atoms with van der Waals surface area (Å²) in [7, 11) is 0. The molecule has 22 heavy (non-hydrogen) atoms. The Balaban J connectivity index is 1.69. The maximum absolute atomic E-state index is 13.6. The highest BCUT2D eigenvalue weighted by atomic mass is 19.1. The lowest BCUT2D eigenvalue weighted by atomic mass is 10.1. The molecule has 0 fully saturated rings. The molecule has 0 saturated carbocycles. The number of fused-ring (bicyclic) bond motifs is 1. The zero-order valence-electron chi connectivity index (χ0n) is 11.7. The fourth-order valence-electron chi connectivity index (χ4n) is 2.39. The van der Waals surface area contributed by atoms with Gasteiger partial charge in [0.1, 0.15) is 11.6 Å². The number of benzene rings is 2. The highest BCUT2D eigenvalue weighted by molar-refractivity contribution is 5.89. The van der Waals surface area contributed by atoms with Gasteiger partial charge in [0.15, 0.2) is 0 Å². The van der Waals surface area contributed by atoms with E-state index in [2.05, 4.69) is 10.3 Å². The van der Waals surface area contributed by atoms with E-state index in [9.17, 15) is 13.6 Å². The number of aromatic nitrogens is 1. The van der Waals surface area contributed by atoms with Gasteiger partial charge >= 0.3 is 0 Å². The molecule has 1 amide bonds. The fourth-order valence-corrected chi connectivity index (χ4v) is 2.39. The molecule has 3 rings (SSSR count). The Labute approximate surface area is 126 Å². The molecule has 3 nitrogen and oxygen atoms in total. The Kier molecular flexibility index (Phi) is 3.87. The predicted molar refractivity (Wildman–Crippen MR) is 80.2 cm³/mol. The van der Waals surface area contributed by atoms with Gasteiger partial charge in [0, 0.05) is 23.7 Å². The number of rotatable bonds is 4. The molecular formula is C17H14F2N2O. The van der Waals surface area contributed by atoms with Gasteiger partial charge in [0.25, 0.3) is 0 Å². The summed E-state index contributed by atoms with van der Waals surface area (Å²) in [4.78, 5) is 14.8. The minimum absolute atomic E-state index is 0.109. The lowest BCUT2D eigenvalue weighted by Gasteiger charge is -2.06. The van der Waals surface area contributed by atoms with Crippen LogP contribution in [0.2, 0.25) is 0 Å². The monoisotopic (exact) mass is 300 g/mol. The summed E-state index contributed by atoms with van der Waals surface area (Å²) in [6.07, 6.45) is 1.73. The van der Waals surface area contributed by atoms with Crippen molar-refractivity contribution in [3.05, 3.63) is 71.4 Å². The number of H-pyrrole nitrogens is 1. The van der Waals surface area contributed by atoms with E-state index < -0.39 is 0 Å². The second kappa shape index (κ2) is 5.97. The van der Waals surface area contributed by atoms with Gasteiger partial charge < -0.3 is 10.3 Å². The molecule has 2 aromatic carbocycles. The molecule has 0 aliphatic heterocycles. The smallest absolute Gasteiger partial charge is 0.224 e. The third-order valence-corrected chi connectivity index (χ3v) is 3.54. The van der Waals surface area contributed by atoms with Crippen LogP contribution in [0.5, 0.6) is 0 Å². The minimum atomic E-state index is -0.351. The first kappa shape index (κ1) is 14.3. The highest BCUT2D eigenvalue weighted by Gasteiger charge is 2.11. The van der Waals surface area contributed by atoms with E-state index in [1.165, 1.54) is 12.1 Å². The van der Waals surface area contributed by atoms with Gasteiger partial charge in [0.2, 0.25) is 5.91 Å². The lowest BCUT2D eigenvalue weighted by molar-refractivity contribution is -0.120. The molecule has 0 atom stereocenters. The fraction of sp³-hybridized carbons (Fsp3) is 0.118. The van der Waals surface area contributed by atoms with Crippen molar-refractivity contribution < 1.29 is 13.6 Å². The van der Waals surface area contributed by atoms with Crippen LogP contribution in [-0.4, -0.2) is 10.9 Å². The first-order chi connectivity index (χ1) is 10.6. The van der Waals surface area contributed by atoms with Crippen molar-refractivity contribution >= 4 is 16.8 Å². The molecule has 1 heterocycles. The van der Waals surface area contributed by atoms with Crippen LogP contribution in [0.1, 0.15) is 11.1 Å². The first-order valence-electron chi connectivity index (χ1n) is 6.90. The molecule has 0 saturated heterocycles. The number of halogens is 2. The quantitative estimate of drug-likeness (QED) is 0.763. The predicted octanol–water partition coefficient (Wildman–Crippen LogP) is 3.31. The summed E-state index contributed by atoms with van der Waals surface area (Å²) >= 11 is 0. The normalized spacial score (nSPS) is 10.8. The van der Waals surface area contributed by atoms with Crippen molar-refractivity contribution in [3.63, 3.8) is 0 Å². The molecular weight excluding hydrogens is 286 g/mol. The number of carbonyl (C=O) groups is 1. The molecule has 0 bridgehead atoms. The van der Waals surface area contributed by atoms with Crippen LogP contribution in [0.4, 0.5) is 8.78 Å². The van der Waals surface area contributed by atoms with E-state index in [1.807, 2.05) is 0 Å². The summed E-state index contributed by atoms with van der Waals surface area (Å²) in [5.41, 5.74) is 1.53. The van der Waals surface area contributed by atoms with Gasteiger partial charge in [-0.2, -0.15) is 0 Å². The number of aromatic amines is 1. The van der Waals surface area contributed by atoms with Crippen molar-refractivity contribution in [3.8, 4) is 0 Å². The van der Waals surface area contributed by atoms with Crippen molar-refractivity contribution in [1.29, 1.82) is 0 Å². The van der Waals surface area contributed by atoms with Gasteiger partial charge in [-0.05, 0) is 17.7 Å². The summed E-state index contributed by atoms with van der Waals surface area (Å²) in [5.74, 6) is -0.944. The van der Waals surface area contributed by atoms with Crippen LogP contribution in [0.3, 0.4) is 0 Å². The molecule has 0 spiro atoms. The van der Waals surface area contributed by atoms with Crippen molar-refractivity contribution in [2.24, 2.45) is 0 Å². The molecule has 2 N–H and O–H groups in total. The first-order valence-corrected chi connectivity index (χ1v) is 6.90. The van der Waals surface area contributed by atoms with E-state index in [1.54, 1.807) is 36.5 Å². The van der Waals surface area contributed by atoms with Crippen molar-refractivity contribution in [1.82, 2.24) is 10.3 Å². The Morgan fingerprint density at radius 2 is 1.77 bits per heavy atom. The standard InChI is InChI=1S/C17H14F2N2O/c18-14-6-2-1-4-11(14)9-20-16(22)8-12-10-21-17-13(12)5-3-7-15(17)19/h1-7,10,21H,8-9H2,(H,20,22). The van der Waals surface area contributed by atoms with E-state index in [4.69, 9.17) is 0 Å². The zero-order chi connectivity index (χ0) is 15.5. The SMILES string of the molecule is O=C(Cc1c[nH]c2c(F)cccc12)NCc1ccccc1F. The van der Waals surface area contributed by atoms with E-state index >= 15 is 0 Å². The number of carbonyl (C=O) groups excluding carboxylic acids is 1. The highest BCUT2D eigenvalue weighted by Crippen LogP contribution is 2.21. The van der Waals surface area contributed by atoms with Crippen molar-refractivity contribution in [2.45, 2.75) is 13.0 Å². The summed E-state index contributed by atoms with van der Waals surface area (Å²) in [5, 5.41) is 3.35. The maximum Gasteiger partial charge on any atom is 0.224 e. The van der Waals surface area contributed by atoms with E-state index in [-0.39, 0.29) is 30.5 Å². The molecule has 5 heteroatoms. The summed E-state index contributed by atoms with van der Waals surface area (Å²) in [6.45, 7) is 0.127. The number of nitrogens with one attached hydrogen (secondary N) is 2. The zero-order valence-corrected chi connectivity index (χ0v) is 11.7. The van der Waals surface area contributed by atoms with Gasteiger partial charge in [-0.15, -0.1) is 0 Å². The van der Waals surface area contributed by atoms with Crippen LogP contribution in [0.25, 0.3) is 10.9 Å². The van der Waals surface area contributed by atoms with Crippen LogP contribution in [0, 0.1) is 11.6 Å². The second-order valence-corrected chi connectivity index (χ2v) is 5.02. The van der Waals surface area contributed by atoms with Crippen LogP contribution >= 0.6 is 0 Å². The topological polar surface area (TPSA) is 44.9 Å². The van der Waals surface area contributed by atoms with Gasteiger partial charge in [-0.3, -0.25) is 4.79 Å². The molecule has 3 aromatic rings. The van der Waals surface area contributed by atoms with E-state index in [0.717, 1.165) is 0 Å². The van der Waals surface area contributed by atoms with Gasteiger partial charge in [-0.1, -0.05) is 30.3 Å². The van der Waals surface area contributed by atoms with Gasteiger partial charge in [0.05, 0.1) is 11.9 Å². The number of para-hydroxylation sites is 1. The van der Waals surface area contributed by atoms with Crippen LogP contribution in [0.15, 0.2) is 48.7 Å². The van der Waals surface area contributed by atoms with Crippen molar-refractivity contribution in [2.75, 3.05) is 0 Å². The van der Waals surface area contributed by atoms with E-state index in [0.29, 0.717) is 22.0 Å². The Morgan fingerprint density at radius 1 is 1.00 bits per heavy atom. The average molecular weight is 300 g/mol. The molecule has 0 unspecified atom stereocenters. The lowest BCUT2D eigenvalue weighted by Crippen LogP contribution is -2.24. The van der Waals surface area contributed by atoms with Crippen LogP contribution in [-0.2, 0) is 17.8 Å². The Morgan fingerprint density at radius 3 is 2.59 bits per heavy atom. The van der Waals surface area contributed by atoms with Gasteiger partial charge in [-0.25, -0.2) is 8.78 Å². The summed E-state index contributed by atoms with van der Waals surface area (Å²) in [6, 6.07) is 11.0. The molecule has 1 aromatic heterocycles. The largest absolute Gasteiger partial charge is 0.359 e. The molecule has 0 aliphatic carbocycles. The second-order valence-electron chi connectivity index (χ2n) is 5.02. The van der Waals surface area contributed by atoms with Crippen LogP contribution < -0.4 is 5.32 Å². The molecule has 0 aliphatic rings. The summed E-state index contributed by atoms with van der Waals surface area (Å²) < 4.78 is 27.0. The average Bonchev–Trinajstić information content (AvgIpc) is 2.91. The number of hydrogen-bond donors (Lipinski definition) is 2. The number of amides is 1. The number of hydrogen-bond acceptors (Lipinski definition) is 1. The molecule has 112 valence electrons. The third kappa shape index (κ3) is 2.83. The molecule has 0 radical (unpaired) electrons. The Bertz CT molecular complexity index is 826. The Hall–Kier alpha value is -2.69.